The summed E-state index contributed by atoms with van der Waals surface area (Å²) in [5.74, 6) is 0.0255. The van der Waals surface area contributed by atoms with Gasteiger partial charge in [-0.25, -0.2) is 0 Å². The number of carbonyl (C=O) groups excluding carboxylic acids is 1. The van der Waals surface area contributed by atoms with E-state index in [1.165, 1.54) is 0 Å². The fourth-order valence-electron chi connectivity index (χ4n) is 1.41. The van der Waals surface area contributed by atoms with Crippen molar-refractivity contribution in [2.75, 3.05) is 0 Å². The lowest BCUT2D eigenvalue weighted by Gasteiger charge is -2.31. The lowest BCUT2D eigenvalue weighted by molar-refractivity contribution is -0.113. The lowest BCUT2D eigenvalue weighted by atomic mass is 9.80. The van der Waals surface area contributed by atoms with Gasteiger partial charge in [-0.05, 0) is 19.3 Å². The summed E-state index contributed by atoms with van der Waals surface area (Å²) in [4.78, 5) is 10.6. The van der Waals surface area contributed by atoms with Crippen molar-refractivity contribution in [2.24, 2.45) is 11.7 Å². The summed E-state index contributed by atoms with van der Waals surface area (Å²) < 4.78 is 0. The van der Waals surface area contributed by atoms with Crippen LogP contribution >= 0.6 is 0 Å². The first-order valence-corrected chi connectivity index (χ1v) is 4.38. The summed E-state index contributed by atoms with van der Waals surface area (Å²) in [6.07, 6.45) is 3.59. The Kier molecular flexibility index (Phi) is 4.34. The molecule has 2 nitrogen and oxygen atoms in total. The van der Waals surface area contributed by atoms with Crippen LogP contribution in [-0.4, -0.2) is 11.8 Å². The van der Waals surface area contributed by atoms with Crippen molar-refractivity contribution in [3.8, 4) is 0 Å². The summed E-state index contributed by atoms with van der Waals surface area (Å²) >= 11 is 0. The van der Waals surface area contributed by atoms with E-state index in [2.05, 4.69) is 0 Å². The monoisotopic (exact) mass is 157 g/mol. The zero-order chi connectivity index (χ0) is 8.91. The molecule has 2 heteroatoms. The van der Waals surface area contributed by atoms with Gasteiger partial charge in [0, 0.05) is 11.5 Å². The van der Waals surface area contributed by atoms with Crippen LogP contribution in [0.15, 0.2) is 0 Å². The topological polar surface area (TPSA) is 43.1 Å². The zero-order valence-corrected chi connectivity index (χ0v) is 7.76. The van der Waals surface area contributed by atoms with Crippen molar-refractivity contribution in [1.29, 1.82) is 0 Å². The molecule has 0 spiro atoms. The fraction of sp³-hybridized carbons (Fsp3) is 0.889. The minimum Gasteiger partial charge on any atom is -0.324 e. The SMILES string of the molecule is CCC(C=O)C(N)(CC)CC. The van der Waals surface area contributed by atoms with Gasteiger partial charge in [-0.3, -0.25) is 0 Å². The van der Waals surface area contributed by atoms with Crippen LogP contribution in [0.25, 0.3) is 0 Å². The van der Waals surface area contributed by atoms with Crippen LogP contribution in [-0.2, 0) is 4.79 Å². The quantitative estimate of drug-likeness (QED) is 0.617. The summed E-state index contributed by atoms with van der Waals surface area (Å²) in [6, 6.07) is 0. The molecule has 0 aromatic carbocycles. The fourth-order valence-corrected chi connectivity index (χ4v) is 1.41. The molecule has 11 heavy (non-hydrogen) atoms. The van der Waals surface area contributed by atoms with Crippen LogP contribution in [0.1, 0.15) is 40.0 Å². The van der Waals surface area contributed by atoms with E-state index in [4.69, 9.17) is 5.73 Å². The Balaban J connectivity index is 4.30. The molecule has 0 aliphatic carbocycles. The molecular weight excluding hydrogens is 138 g/mol. The Morgan fingerprint density at radius 3 is 1.91 bits per heavy atom. The van der Waals surface area contributed by atoms with E-state index >= 15 is 0 Å². The Morgan fingerprint density at radius 2 is 1.82 bits per heavy atom. The van der Waals surface area contributed by atoms with E-state index < -0.39 is 0 Å². The molecule has 0 aliphatic heterocycles. The third-order valence-electron chi connectivity index (χ3n) is 2.66. The first kappa shape index (κ1) is 10.6. The molecule has 66 valence electrons. The first-order valence-electron chi connectivity index (χ1n) is 4.38. The van der Waals surface area contributed by atoms with Crippen molar-refractivity contribution in [2.45, 2.75) is 45.6 Å². The number of carbonyl (C=O) groups is 1. The van der Waals surface area contributed by atoms with Gasteiger partial charge in [-0.2, -0.15) is 0 Å². The molecule has 0 saturated carbocycles. The average Bonchev–Trinajstić information content (AvgIpc) is 2.06. The van der Waals surface area contributed by atoms with Crippen molar-refractivity contribution in [3.63, 3.8) is 0 Å². The van der Waals surface area contributed by atoms with Crippen molar-refractivity contribution in [3.05, 3.63) is 0 Å². The highest BCUT2D eigenvalue weighted by Crippen LogP contribution is 2.23. The van der Waals surface area contributed by atoms with Gasteiger partial charge in [-0.15, -0.1) is 0 Å². The van der Waals surface area contributed by atoms with Crippen LogP contribution in [0.2, 0.25) is 0 Å². The van der Waals surface area contributed by atoms with E-state index in [0.717, 1.165) is 25.5 Å². The molecule has 1 unspecified atom stereocenters. The smallest absolute Gasteiger partial charge is 0.124 e. The Labute approximate surface area is 69.2 Å². The molecule has 0 rings (SSSR count). The van der Waals surface area contributed by atoms with Crippen LogP contribution in [0.3, 0.4) is 0 Å². The standard InChI is InChI=1S/C9H19NO/c1-4-8(7-11)9(10,5-2)6-3/h7-8H,4-6,10H2,1-3H3. The molecule has 0 aromatic heterocycles. The maximum atomic E-state index is 10.6. The van der Waals surface area contributed by atoms with Gasteiger partial charge in [0.2, 0.25) is 0 Å². The first-order chi connectivity index (χ1) is 5.14. The Morgan fingerprint density at radius 1 is 1.36 bits per heavy atom. The van der Waals surface area contributed by atoms with Gasteiger partial charge >= 0.3 is 0 Å². The summed E-state index contributed by atoms with van der Waals surface area (Å²) in [7, 11) is 0. The molecule has 0 aromatic rings. The molecular formula is C9H19NO. The van der Waals surface area contributed by atoms with Crippen LogP contribution in [0, 0.1) is 5.92 Å². The van der Waals surface area contributed by atoms with E-state index in [1.807, 2.05) is 20.8 Å². The Bertz CT molecular complexity index is 119. The average molecular weight is 157 g/mol. The van der Waals surface area contributed by atoms with E-state index in [1.54, 1.807) is 0 Å². The predicted octanol–water partition coefficient (Wildman–Crippen LogP) is 1.73. The number of hydrogen-bond acceptors (Lipinski definition) is 2. The van der Waals surface area contributed by atoms with Crippen LogP contribution < -0.4 is 5.73 Å². The van der Waals surface area contributed by atoms with Gasteiger partial charge < -0.3 is 10.5 Å². The lowest BCUT2D eigenvalue weighted by Crippen LogP contribution is -2.46. The van der Waals surface area contributed by atoms with E-state index in [-0.39, 0.29) is 11.5 Å². The molecule has 0 amide bonds. The second-order valence-corrected chi connectivity index (χ2v) is 3.09. The molecule has 0 fully saturated rings. The molecule has 0 aliphatic rings. The van der Waals surface area contributed by atoms with Crippen molar-refractivity contribution < 1.29 is 4.79 Å². The van der Waals surface area contributed by atoms with Gasteiger partial charge in [0.15, 0.2) is 0 Å². The molecule has 2 N–H and O–H groups in total. The minimum absolute atomic E-state index is 0.0255. The molecule has 0 radical (unpaired) electrons. The molecule has 0 heterocycles. The van der Waals surface area contributed by atoms with Crippen LogP contribution in [0.5, 0.6) is 0 Å². The summed E-state index contributed by atoms with van der Waals surface area (Å²) in [5.41, 5.74) is 5.76. The highest BCUT2D eigenvalue weighted by molar-refractivity contribution is 5.56. The number of nitrogens with two attached hydrogens (primary N) is 1. The second-order valence-electron chi connectivity index (χ2n) is 3.09. The predicted molar refractivity (Wildman–Crippen MR) is 47.3 cm³/mol. The van der Waals surface area contributed by atoms with Gasteiger partial charge in [0.05, 0.1) is 0 Å². The molecule has 0 saturated heterocycles. The number of hydrogen-bond donors (Lipinski definition) is 1. The largest absolute Gasteiger partial charge is 0.324 e. The van der Waals surface area contributed by atoms with E-state index in [9.17, 15) is 4.79 Å². The summed E-state index contributed by atoms with van der Waals surface area (Å²) in [5, 5.41) is 0. The Hall–Kier alpha value is -0.370. The van der Waals surface area contributed by atoms with Gasteiger partial charge in [0.25, 0.3) is 0 Å². The third-order valence-corrected chi connectivity index (χ3v) is 2.66. The number of aldehydes is 1. The minimum atomic E-state index is -0.267. The van der Waals surface area contributed by atoms with Gasteiger partial charge in [-0.1, -0.05) is 20.8 Å². The van der Waals surface area contributed by atoms with E-state index in [0.29, 0.717) is 0 Å². The summed E-state index contributed by atoms with van der Waals surface area (Å²) in [6.45, 7) is 6.08. The molecule has 0 bridgehead atoms. The third kappa shape index (κ3) is 2.29. The second kappa shape index (κ2) is 4.50. The van der Waals surface area contributed by atoms with Crippen molar-refractivity contribution in [1.82, 2.24) is 0 Å². The molecule has 1 atom stereocenters. The normalized spacial score (nSPS) is 14.5. The number of rotatable bonds is 5. The zero-order valence-electron chi connectivity index (χ0n) is 7.76. The maximum Gasteiger partial charge on any atom is 0.124 e. The highest BCUT2D eigenvalue weighted by atomic mass is 16.1. The highest BCUT2D eigenvalue weighted by Gasteiger charge is 2.29. The van der Waals surface area contributed by atoms with Crippen LogP contribution in [0.4, 0.5) is 0 Å². The maximum absolute atomic E-state index is 10.6. The van der Waals surface area contributed by atoms with Gasteiger partial charge in [0.1, 0.15) is 6.29 Å². The van der Waals surface area contributed by atoms with Crippen molar-refractivity contribution >= 4 is 6.29 Å².